The average Bonchev–Trinajstić information content (AvgIpc) is 3.23. The maximum atomic E-state index is 12.0. The highest BCUT2D eigenvalue weighted by Crippen LogP contribution is 2.28. The van der Waals surface area contributed by atoms with Crippen molar-refractivity contribution in [3.8, 4) is 5.69 Å². The van der Waals surface area contributed by atoms with Crippen LogP contribution in [0.1, 0.15) is 24.4 Å². The molecule has 1 unspecified atom stereocenters. The number of nitrogens with zero attached hydrogens (tertiary/aromatic N) is 2. The third-order valence-corrected chi connectivity index (χ3v) is 3.70. The van der Waals surface area contributed by atoms with E-state index in [-0.39, 0.29) is 5.97 Å². The third kappa shape index (κ3) is 3.31. The molecule has 1 aromatic carbocycles. The Hall–Kier alpha value is -2.14. The van der Waals surface area contributed by atoms with Crippen LogP contribution < -0.4 is 5.32 Å². The molecule has 1 N–H and O–H groups in total. The van der Waals surface area contributed by atoms with Gasteiger partial charge in [-0.05, 0) is 37.4 Å². The van der Waals surface area contributed by atoms with Gasteiger partial charge in [-0.25, -0.2) is 9.48 Å². The van der Waals surface area contributed by atoms with Crippen molar-refractivity contribution in [1.29, 1.82) is 0 Å². The van der Waals surface area contributed by atoms with Crippen molar-refractivity contribution < 1.29 is 9.53 Å². The van der Waals surface area contributed by atoms with Crippen molar-refractivity contribution >= 4 is 5.97 Å². The van der Waals surface area contributed by atoms with Crippen molar-refractivity contribution in [3.05, 3.63) is 48.3 Å². The van der Waals surface area contributed by atoms with Crippen LogP contribution in [0.25, 0.3) is 5.69 Å². The Bertz CT molecular complexity index is 605. The number of methoxy groups -OCH3 is 1. The van der Waals surface area contributed by atoms with Gasteiger partial charge >= 0.3 is 5.97 Å². The van der Waals surface area contributed by atoms with Gasteiger partial charge in [0.2, 0.25) is 0 Å². The number of aromatic nitrogens is 2. The molecular weight excluding hydrogens is 266 g/mol. The summed E-state index contributed by atoms with van der Waals surface area (Å²) in [6, 6.07) is 9.37. The van der Waals surface area contributed by atoms with Gasteiger partial charge in [0.1, 0.15) is 6.04 Å². The lowest BCUT2D eigenvalue weighted by Crippen LogP contribution is -2.30. The molecule has 0 saturated heterocycles. The minimum atomic E-state index is -0.451. The van der Waals surface area contributed by atoms with Crippen LogP contribution in [0.4, 0.5) is 0 Å². The second-order valence-corrected chi connectivity index (χ2v) is 5.36. The fourth-order valence-corrected chi connectivity index (χ4v) is 2.27. The number of carbonyl (C=O) groups excluding carboxylic acids is 1. The molecule has 3 rings (SSSR count). The van der Waals surface area contributed by atoms with Crippen LogP contribution in [0.15, 0.2) is 42.7 Å². The first kappa shape index (κ1) is 13.8. The third-order valence-electron chi connectivity index (χ3n) is 3.70. The van der Waals surface area contributed by atoms with Gasteiger partial charge in [-0.15, -0.1) is 0 Å². The van der Waals surface area contributed by atoms with Crippen LogP contribution in [0, 0.1) is 5.92 Å². The Kier molecular flexibility index (Phi) is 4.01. The number of benzene rings is 1. The largest absolute Gasteiger partial charge is 0.468 e. The molecule has 1 fully saturated rings. The molecule has 0 aliphatic heterocycles. The number of nitrogens with one attached hydrogen (secondary N) is 1. The van der Waals surface area contributed by atoms with Gasteiger partial charge in [-0.2, -0.15) is 5.10 Å². The number of para-hydroxylation sites is 1. The van der Waals surface area contributed by atoms with E-state index in [4.69, 9.17) is 4.74 Å². The van der Waals surface area contributed by atoms with E-state index in [0.29, 0.717) is 5.92 Å². The standard InChI is InChI=1S/C16H19N3O2/c1-21-16(20)15(17-9-12-7-8-12)13-10-18-19(11-13)14-5-3-2-4-6-14/h2-6,10-12,15,17H,7-9H2,1H3. The normalized spacial score (nSPS) is 15.7. The van der Waals surface area contributed by atoms with Gasteiger partial charge in [-0.1, -0.05) is 18.2 Å². The highest BCUT2D eigenvalue weighted by molar-refractivity contribution is 5.77. The summed E-state index contributed by atoms with van der Waals surface area (Å²) in [4.78, 5) is 12.0. The number of hydrogen-bond donors (Lipinski definition) is 1. The number of esters is 1. The van der Waals surface area contributed by atoms with Gasteiger partial charge in [0.25, 0.3) is 0 Å². The monoisotopic (exact) mass is 285 g/mol. The van der Waals surface area contributed by atoms with Gasteiger partial charge in [0.15, 0.2) is 0 Å². The second-order valence-electron chi connectivity index (χ2n) is 5.36. The molecule has 110 valence electrons. The van der Waals surface area contributed by atoms with E-state index in [0.717, 1.165) is 17.8 Å². The van der Waals surface area contributed by atoms with Crippen molar-refractivity contribution in [1.82, 2.24) is 15.1 Å². The molecule has 0 bridgehead atoms. The predicted octanol–water partition coefficient (Wildman–Crippen LogP) is 2.09. The van der Waals surface area contributed by atoms with Gasteiger partial charge in [0, 0.05) is 11.8 Å². The van der Waals surface area contributed by atoms with E-state index in [1.807, 2.05) is 36.5 Å². The van der Waals surface area contributed by atoms with E-state index in [1.54, 1.807) is 10.9 Å². The van der Waals surface area contributed by atoms with E-state index >= 15 is 0 Å². The molecule has 0 radical (unpaired) electrons. The number of hydrogen-bond acceptors (Lipinski definition) is 4. The van der Waals surface area contributed by atoms with Crippen LogP contribution in [0.5, 0.6) is 0 Å². The number of carbonyl (C=O) groups is 1. The maximum Gasteiger partial charge on any atom is 0.327 e. The van der Waals surface area contributed by atoms with Crippen LogP contribution >= 0.6 is 0 Å². The average molecular weight is 285 g/mol. The molecule has 1 aliphatic carbocycles. The predicted molar refractivity (Wildman–Crippen MR) is 79.0 cm³/mol. The van der Waals surface area contributed by atoms with Crippen molar-refractivity contribution in [3.63, 3.8) is 0 Å². The first-order valence-electron chi connectivity index (χ1n) is 7.19. The lowest BCUT2D eigenvalue weighted by Gasteiger charge is -2.14. The summed E-state index contributed by atoms with van der Waals surface area (Å²) in [7, 11) is 1.41. The lowest BCUT2D eigenvalue weighted by molar-refractivity contribution is -0.143. The summed E-state index contributed by atoms with van der Waals surface area (Å²) in [5.74, 6) is 0.421. The van der Waals surface area contributed by atoms with Crippen LogP contribution in [0.3, 0.4) is 0 Å². The quantitative estimate of drug-likeness (QED) is 0.826. The molecule has 1 saturated carbocycles. The molecule has 0 amide bonds. The second kappa shape index (κ2) is 6.10. The highest BCUT2D eigenvalue weighted by Gasteiger charge is 2.27. The van der Waals surface area contributed by atoms with Crippen LogP contribution in [-0.4, -0.2) is 29.4 Å². The lowest BCUT2D eigenvalue weighted by atomic mass is 10.1. The van der Waals surface area contributed by atoms with Gasteiger partial charge in [-0.3, -0.25) is 0 Å². The minimum absolute atomic E-state index is 0.275. The zero-order valence-corrected chi connectivity index (χ0v) is 12.0. The van der Waals surface area contributed by atoms with E-state index < -0.39 is 6.04 Å². The van der Waals surface area contributed by atoms with Crippen LogP contribution in [0.2, 0.25) is 0 Å². The van der Waals surface area contributed by atoms with Gasteiger partial charge in [0.05, 0.1) is 19.0 Å². The molecule has 2 aromatic rings. The Morgan fingerprint density at radius 1 is 1.43 bits per heavy atom. The molecule has 0 spiro atoms. The fraction of sp³-hybridized carbons (Fsp3) is 0.375. The summed E-state index contributed by atoms with van der Waals surface area (Å²) in [6.45, 7) is 0.844. The summed E-state index contributed by atoms with van der Waals surface area (Å²) < 4.78 is 6.66. The van der Waals surface area contributed by atoms with Crippen molar-refractivity contribution in [2.45, 2.75) is 18.9 Å². The Balaban J connectivity index is 1.78. The topological polar surface area (TPSA) is 56.1 Å². The summed E-state index contributed by atoms with van der Waals surface area (Å²) >= 11 is 0. The van der Waals surface area contributed by atoms with Gasteiger partial charge < -0.3 is 10.1 Å². The number of ether oxygens (including phenoxy) is 1. The SMILES string of the molecule is COC(=O)C(NCC1CC1)c1cnn(-c2ccccc2)c1. The molecule has 1 aromatic heterocycles. The Morgan fingerprint density at radius 3 is 2.86 bits per heavy atom. The zero-order valence-electron chi connectivity index (χ0n) is 12.0. The minimum Gasteiger partial charge on any atom is -0.468 e. The van der Waals surface area contributed by atoms with E-state index in [2.05, 4.69) is 10.4 Å². The first-order chi connectivity index (χ1) is 10.3. The van der Waals surface area contributed by atoms with E-state index in [1.165, 1.54) is 20.0 Å². The Labute approximate surface area is 123 Å². The molecule has 5 heteroatoms. The molecule has 1 aliphatic rings. The summed E-state index contributed by atoms with van der Waals surface area (Å²) in [5.41, 5.74) is 1.79. The first-order valence-corrected chi connectivity index (χ1v) is 7.19. The highest BCUT2D eigenvalue weighted by atomic mass is 16.5. The fourth-order valence-electron chi connectivity index (χ4n) is 2.27. The summed E-state index contributed by atoms with van der Waals surface area (Å²) in [6.07, 6.45) is 6.07. The molecule has 1 atom stereocenters. The van der Waals surface area contributed by atoms with E-state index in [9.17, 15) is 4.79 Å². The van der Waals surface area contributed by atoms with Crippen molar-refractivity contribution in [2.75, 3.05) is 13.7 Å². The van der Waals surface area contributed by atoms with Crippen LogP contribution in [-0.2, 0) is 9.53 Å². The van der Waals surface area contributed by atoms with Crippen molar-refractivity contribution in [2.24, 2.45) is 5.92 Å². The summed E-state index contributed by atoms with van der Waals surface area (Å²) in [5, 5.41) is 7.62. The maximum absolute atomic E-state index is 12.0. The number of rotatable bonds is 6. The Morgan fingerprint density at radius 2 is 2.19 bits per heavy atom. The molecule has 1 heterocycles. The smallest absolute Gasteiger partial charge is 0.327 e. The molecule has 21 heavy (non-hydrogen) atoms. The zero-order chi connectivity index (χ0) is 14.7. The molecule has 5 nitrogen and oxygen atoms in total. The molecular formula is C16H19N3O2.